The summed E-state index contributed by atoms with van der Waals surface area (Å²) >= 11 is 0. The Hall–Kier alpha value is -2.63. The molecule has 117 valence electrons. The van der Waals surface area contributed by atoms with Crippen molar-refractivity contribution in [2.75, 3.05) is 0 Å². The van der Waals surface area contributed by atoms with Crippen molar-refractivity contribution in [1.29, 1.82) is 0 Å². The minimum Gasteiger partial charge on any atom is -0.508 e. The monoisotopic (exact) mass is 349 g/mol. The van der Waals surface area contributed by atoms with Crippen LogP contribution in [-0.4, -0.2) is 20.4 Å². The Morgan fingerprint density at radius 1 is 0.818 bits per heavy atom. The summed E-state index contributed by atoms with van der Waals surface area (Å²) in [7, 11) is 0. The van der Waals surface area contributed by atoms with Crippen LogP contribution in [0.25, 0.3) is 22.3 Å². The molecule has 0 aliphatic heterocycles. The predicted molar refractivity (Wildman–Crippen MR) is 74.6 cm³/mol. The molecule has 0 saturated heterocycles. The molecule has 0 unspecified atom stereocenters. The van der Waals surface area contributed by atoms with Crippen LogP contribution in [0.5, 0.6) is 23.0 Å². The fourth-order valence-electron chi connectivity index (χ4n) is 2.07. The third kappa shape index (κ3) is 2.59. The molecule has 0 aliphatic rings. The maximum Gasteiger partial charge on any atom is 0.197 e. The van der Waals surface area contributed by atoms with Gasteiger partial charge in [-0.25, -0.2) is 0 Å². The number of phenols is 4. The molecule has 3 rings (SSSR count). The van der Waals surface area contributed by atoms with Crippen LogP contribution in [0, 0.1) is 0 Å². The van der Waals surface area contributed by atoms with E-state index in [9.17, 15) is 25.2 Å². The summed E-state index contributed by atoms with van der Waals surface area (Å²) in [6.45, 7) is 0. The molecule has 0 fully saturated rings. The van der Waals surface area contributed by atoms with Crippen LogP contribution in [0.2, 0.25) is 0 Å². The molecule has 3 aromatic rings. The summed E-state index contributed by atoms with van der Waals surface area (Å²) < 4.78 is 5.47. The van der Waals surface area contributed by atoms with E-state index < -0.39 is 5.43 Å². The Bertz CT molecular complexity index is 916. The van der Waals surface area contributed by atoms with E-state index in [1.54, 1.807) is 0 Å². The first-order chi connectivity index (χ1) is 9.95. The number of rotatable bonds is 1. The summed E-state index contributed by atoms with van der Waals surface area (Å²) in [5, 5.41) is 37.9. The first kappa shape index (κ1) is 15.8. The predicted octanol–water partition coefficient (Wildman–Crippen LogP) is 2.28. The molecule has 6 nitrogen and oxygen atoms in total. The molecule has 2 aromatic carbocycles. The van der Waals surface area contributed by atoms with Gasteiger partial charge in [0.05, 0.1) is 0 Å². The Kier molecular flexibility index (Phi) is 4.03. The van der Waals surface area contributed by atoms with Crippen LogP contribution < -0.4 is 5.43 Å². The van der Waals surface area contributed by atoms with Crippen LogP contribution in [0.3, 0.4) is 0 Å². The molecule has 0 saturated carbocycles. The smallest absolute Gasteiger partial charge is 0.197 e. The topological polar surface area (TPSA) is 111 Å². The quantitative estimate of drug-likeness (QED) is 0.396. The average molecular weight is 350 g/mol. The zero-order valence-corrected chi connectivity index (χ0v) is 11.8. The van der Waals surface area contributed by atoms with Gasteiger partial charge in [0.25, 0.3) is 0 Å². The second-order valence-corrected chi connectivity index (χ2v) is 4.52. The van der Waals surface area contributed by atoms with Gasteiger partial charge in [-0.15, -0.1) is 0 Å². The van der Waals surface area contributed by atoms with Crippen LogP contribution >= 0.6 is 0 Å². The molecule has 22 heavy (non-hydrogen) atoms. The number of hydrogen-bond donors (Lipinski definition) is 4. The van der Waals surface area contributed by atoms with Gasteiger partial charge in [-0.2, -0.15) is 0 Å². The van der Waals surface area contributed by atoms with Crippen molar-refractivity contribution in [1.82, 2.24) is 0 Å². The van der Waals surface area contributed by atoms with Crippen molar-refractivity contribution < 1.29 is 41.9 Å². The van der Waals surface area contributed by atoms with Crippen molar-refractivity contribution in [3.63, 3.8) is 0 Å². The molecule has 1 aromatic heterocycles. The van der Waals surface area contributed by atoms with E-state index in [1.807, 2.05) is 0 Å². The van der Waals surface area contributed by atoms with Gasteiger partial charge in [0.15, 0.2) is 16.9 Å². The van der Waals surface area contributed by atoms with Crippen molar-refractivity contribution in [2.45, 2.75) is 0 Å². The van der Waals surface area contributed by atoms with E-state index in [0.29, 0.717) is 5.56 Å². The third-order valence-corrected chi connectivity index (χ3v) is 3.05. The van der Waals surface area contributed by atoms with Gasteiger partial charge < -0.3 is 24.8 Å². The van der Waals surface area contributed by atoms with E-state index in [1.165, 1.54) is 24.3 Å². The molecule has 4 N–H and O–H groups in total. The summed E-state index contributed by atoms with van der Waals surface area (Å²) in [6.07, 6.45) is 0. The summed E-state index contributed by atoms with van der Waals surface area (Å²) in [4.78, 5) is 12.0. The second kappa shape index (κ2) is 5.63. The standard InChI is InChI=1S/C15H10O6.Cu/c16-8-4-11(19)15-12(20)6-13(21-14(15)5-8)7-1-2-9(17)10(18)3-7;/h1-6,16-19H;. The van der Waals surface area contributed by atoms with Gasteiger partial charge in [-0.05, 0) is 18.2 Å². The van der Waals surface area contributed by atoms with Crippen molar-refractivity contribution >= 4 is 11.0 Å². The van der Waals surface area contributed by atoms with Gasteiger partial charge in [-0.3, -0.25) is 4.79 Å². The minimum atomic E-state index is -0.490. The van der Waals surface area contributed by atoms with Crippen molar-refractivity contribution in [3.05, 3.63) is 46.6 Å². The molecule has 1 radical (unpaired) electrons. The SMILES string of the molecule is O=c1cc(-c2ccc(O)c(O)c2)oc2cc(O)cc(O)c12.[Cu]. The number of phenolic OH excluding ortho intramolecular Hbond substituents is 4. The minimum absolute atomic E-state index is 0. The number of aromatic hydroxyl groups is 4. The largest absolute Gasteiger partial charge is 0.508 e. The second-order valence-electron chi connectivity index (χ2n) is 4.52. The fraction of sp³-hybridized carbons (Fsp3) is 0. The Morgan fingerprint density at radius 2 is 1.55 bits per heavy atom. The van der Waals surface area contributed by atoms with Gasteiger partial charge >= 0.3 is 0 Å². The molecule has 0 atom stereocenters. The Labute approximate surface area is 134 Å². The Balaban J connectivity index is 0.00000176. The summed E-state index contributed by atoms with van der Waals surface area (Å²) in [6, 6.07) is 7.37. The fourth-order valence-corrected chi connectivity index (χ4v) is 2.07. The number of benzene rings is 2. The average Bonchev–Trinajstić information content (AvgIpc) is 2.40. The Morgan fingerprint density at radius 3 is 2.23 bits per heavy atom. The summed E-state index contributed by atoms with van der Waals surface area (Å²) in [5.41, 5.74) is -0.106. The molecular weight excluding hydrogens is 340 g/mol. The molecule has 0 spiro atoms. The molecule has 0 aliphatic carbocycles. The van der Waals surface area contributed by atoms with Crippen molar-refractivity contribution in [3.8, 4) is 34.3 Å². The summed E-state index contributed by atoms with van der Waals surface area (Å²) in [5.74, 6) is -1.13. The molecule has 1 heterocycles. The normalized spacial score (nSPS) is 10.4. The molecule has 0 amide bonds. The van der Waals surface area contributed by atoms with Gasteiger partial charge in [0, 0.05) is 40.8 Å². The van der Waals surface area contributed by atoms with E-state index in [4.69, 9.17) is 4.42 Å². The van der Waals surface area contributed by atoms with E-state index in [-0.39, 0.29) is 56.8 Å². The van der Waals surface area contributed by atoms with Gasteiger partial charge in [-0.1, -0.05) is 0 Å². The number of fused-ring (bicyclic) bond motifs is 1. The zero-order chi connectivity index (χ0) is 15.1. The molecule has 7 heteroatoms. The first-order valence-electron chi connectivity index (χ1n) is 5.98. The maximum atomic E-state index is 12.0. The van der Waals surface area contributed by atoms with Crippen LogP contribution in [0.1, 0.15) is 0 Å². The van der Waals surface area contributed by atoms with Crippen LogP contribution in [0.15, 0.2) is 45.6 Å². The van der Waals surface area contributed by atoms with Gasteiger partial charge in [0.2, 0.25) is 0 Å². The van der Waals surface area contributed by atoms with E-state index in [0.717, 1.165) is 12.1 Å². The van der Waals surface area contributed by atoms with E-state index in [2.05, 4.69) is 0 Å². The van der Waals surface area contributed by atoms with E-state index >= 15 is 0 Å². The van der Waals surface area contributed by atoms with Crippen molar-refractivity contribution in [2.24, 2.45) is 0 Å². The zero-order valence-electron chi connectivity index (χ0n) is 10.9. The molecule has 0 bridgehead atoms. The molecular formula is C15H10CuO6. The maximum absolute atomic E-state index is 12.0. The first-order valence-corrected chi connectivity index (χ1v) is 5.98. The van der Waals surface area contributed by atoms with Crippen LogP contribution in [0.4, 0.5) is 0 Å². The van der Waals surface area contributed by atoms with Crippen LogP contribution in [-0.2, 0) is 17.1 Å². The third-order valence-electron chi connectivity index (χ3n) is 3.05. The van der Waals surface area contributed by atoms with Gasteiger partial charge in [0.1, 0.15) is 28.2 Å². The number of hydrogen-bond acceptors (Lipinski definition) is 6.